The second-order valence-electron chi connectivity index (χ2n) is 4.26. The Balaban J connectivity index is 2.01. The summed E-state index contributed by atoms with van der Waals surface area (Å²) in [6.07, 6.45) is 0. The van der Waals surface area contributed by atoms with Crippen molar-refractivity contribution in [3.63, 3.8) is 0 Å². The van der Waals surface area contributed by atoms with E-state index in [9.17, 15) is 0 Å². The van der Waals surface area contributed by atoms with Crippen LogP contribution in [0, 0.1) is 22.7 Å². The van der Waals surface area contributed by atoms with Crippen molar-refractivity contribution < 1.29 is 4.74 Å². The molecule has 1 N–H and O–H groups in total. The number of halogens is 1. The van der Waals surface area contributed by atoms with Gasteiger partial charge in [0, 0.05) is 16.1 Å². The van der Waals surface area contributed by atoms with Gasteiger partial charge in [-0.1, -0.05) is 22.0 Å². The van der Waals surface area contributed by atoms with E-state index in [1.54, 1.807) is 6.07 Å². The number of hydrogen-bond acceptors (Lipinski definition) is 5. The van der Waals surface area contributed by atoms with Crippen LogP contribution in [0.3, 0.4) is 0 Å². The molecule has 0 saturated carbocycles. The molecule has 0 radical (unpaired) electrons. The lowest BCUT2D eigenvalue weighted by Crippen LogP contribution is -2.18. The van der Waals surface area contributed by atoms with Crippen LogP contribution in [0.1, 0.15) is 16.7 Å². The second kappa shape index (κ2) is 5.28. The Morgan fingerprint density at radius 2 is 1.86 bits per heavy atom. The fraction of sp³-hybridized carbons (Fsp3) is 0. The van der Waals surface area contributed by atoms with Crippen LogP contribution in [-0.4, -0.2) is 5.90 Å². The summed E-state index contributed by atoms with van der Waals surface area (Å²) in [6.45, 7) is 0. The molecule has 5 nitrogen and oxygen atoms in total. The highest BCUT2D eigenvalue weighted by Gasteiger charge is 2.18. The molecular formula is C15H7BrN4O. The van der Waals surface area contributed by atoms with Gasteiger partial charge in [-0.3, -0.25) is 5.43 Å². The maximum absolute atomic E-state index is 9.06. The SMILES string of the molecule is N#Cc1cc2c(cc1C#N)OC(c1cccc(Br)c1)=NN2. The lowest BCUT2D eigenvalue weighted by Gasteiger charge is -2.18. The topological polar surface area (TPSA) is 81.2 Å². The summed E-state index contributed by atoms with van der Waals surface area (Å²) in [4.78, 5) is 0. The molecule has 3 rings (SSSR count). The molecule has 100 valence electrons. The molecule has 0 amide bonds. The molecule has 2 aromatic carbocycles. The third kappa shape index (κ3) is 2.45. The van der Waals surface area contributed by atoms with E-state index in [1.165, 1.54) is 6.07 Å². The summed E-state index contributed by atoms with van der Waals surface area (Å²) in [6, 6.07) is 14.6. The molecule has 0 spiro atoms. The third-order valence-electron chi connectivity index (χ3n) is 2.92. The van der Waals surface area contributed by atoms with E-state index in [0.717, 1.165) is 10.0 Å². The quantitative estimate of drug-likeness (QED) is 0.864. The number of nitrogens with one attached hydrogen (secondary N) is 1. The van der Waals surface area contributed by atoms with Crippen molar-refractivity contribution in [2.75, 3.05) is 5.43 Å². The predicted octanol–water partition coefficient (Wildman–Crippen LogP) is 3.36. The lowest BCUT2D eigenvalue weighted by molar-refractivity contribution is 0.543. The maximum Gasteiger partial charge on any atom is 0.243 e. The zero-order chi connectivity index (χ0) is 14.8. The summed E-state index contributed by atoms with van der Waals surface area (Å²) in [5, 5.41) is 22.2. The maximum atomic E-state index is 9.06. The summed E-state index contributed by atoms with van der Waals surface area (Å²) in [7, 11) is 0. The summed E-state index contributed by atoms with van der Waals surface area (Å²) >= 11 is 3.39. The number of benzene rings is 2. The van der Waals surface area contributed by atoms with Gasteiger partial charge in [0.25, 0.3) is 0 Å². The average Bonchev–Trinajstić information content (AvgIpc) is 2.53. The van der Waals surface area contributed by atoms with Crippen LogP contribution in [0.2, 0.25) is 0 Å². The van der Waals surface area contributed by atoms with Gasteiger partial charge in [-0.15, -0.1) is 5.10 Å². The van der Waals surface area contributed by atoms with E-state index >= 15 is 0 Å². The van der Waals surface area contributed by atoms with Gasteiger partial charge in [-0.2, -0.15) is 10.5 Å². The van der Waals surface area contributed by atoms with Crippen molar-refractivity contribution in [2.45, 2.75) is 0 Å². The van der Waals surface area contributed by atoms with Crippen molar-refractivity contribution in [3.05, 3.63) is 57.6 Å². The second-order valence-corrected chi connectivity index (χ2v) is 5.17. The highest BCUT2D eigenvalue weighted by molar-refractivity contribution is 9.10. The first kappa shape index (κ1) is 13.2. The Morgan fingerprint density at radius 3 is 2.57 bits per heavy atom. The van der Waals surface area contributed by atoms with Gasteiger partial charge in [-0.05, 0) is 24.3 Å². The van der Waals surface area contributed by atoms with E-state index in [4.69, 9.17) is 15.3 Å². The van der Waals surface area contributed by atoms with Crippen molar-refractivity contribution in [3.8, 4) is 17.9 Å². The Hall–Kier alpha value is -2.83. The number of hydrogen-bond donors (Lipinski definition) is 1. The molecule has 21 heavy (non-hydrogen) atoms. The molecule has 0 fully saturated rings. The predicted molar refractivity (Wildman–Crippen MR) is 80.8 cm³/mol. The fourth-order valence-corrected chi connectivity index (χ4v) is 2.32. The molecule has 1 heterocycles. The van der Waals surface area contributed by atoms with Gasteiger partial charge in [0.1, 0.15) is 17.8 Å². The smallest absolute Gasteiger partial charge is 0.243 e. The fourth-order valence-electron chi connectivity index (χ4n) is 1.92. The lowest BCUT2D eigenvalue weighted by atomic mass is 10.1. The summed E-state index contributed by atoms with van der Waals surface area (Å²) in [5.41, 5.74) is 4.76. The first-order valence-corrected chi connectivity index (χ1v) is 6.76. The molecule has 2 aromatic rings. The minimum Gasteiger partial charge on any atom is -0.435 e. The molecule has 6 heteroatoms. The van der Waals surface area contributed by atoms with Crippen molar-refractivity contribution in [1.29, 1.82) is 10.5 Å². The van der Waals surface area contributed by atoms with Gasteiger partial charge in [0.05, 0.1) is 11.1 Å². The van der Waals surface area contributed by atoms with Crippen molar-refractivity contribution >= 4 is 27.5 Å². The van der Waals surface area contributed by atoms with Crippen LogP contribution in [-0.2, 0) is 0 Å². The number of nitrogens with zero attached hydrogens (tertiary/aromatic N) is 3. The van der Waals surface area contributed by atoms with Gasteiger partial charge in [0.2, 0.25) is 5.90 Å². The highest BCUT2D eigenvalue weighted by atomic mass is 79.9. The number of fused-ring (bicyclic) bond motifs is 1. The van der Waals surface area contributed by atoms with Gasteiger partial charge < -0.3 is 4.74 Å². The van der Waals surface area contributed by atoms with E-state index in [0.29, 0.717) is 17.3 Å². The van der Waals surface area contributed by atoms with Gasteiger partial charge >= 0.3 is 0 Å². The zero-order valence-electron chi connectivity index (χ0n) is 10.6. The molecule has 0 unspecified atom stereocenters. The average molecular weight is 339 g/mol. The standard InChI is InChI=1S/C15H7BrN4O/c16-12-3-1-2-9(4-12)15-20-19-13-5-10(7-17)11(8-18)6-14(13)21-15/h1-6,19H. The normalized spacial score (nSPS) is 12.0. The van der Waals surface area contributed by atoms with E-state index in [2.05, 4.69) is 26.5 Å². The zero-order valence-corrected chi connectivity index (χ0v) is 12.2. The van der Waals surface area contributed by atoms with Crippen molar-refractivity contribution in [1.82, 2.24) is 0 Å². The molecule has 0 atom stereocenters. The molecule has 1 aliphatic heterocycles. The highest BCUT2D eigenvalue weighted by Crippen LogP contribution is 2.32. The Morgan fingerprint density at radius 1 is 1.10 bits per heavy atom. The van der Waals surface area contributed by atoms with Crippen LogP contribution in [0.5, 0.6) is 5.75 Å². The summed E-state index contributed by atoms with van der Waals surface area (Å²) in [5.74, 6) is 0.868. The summed E-state index contributed by atoms with van der Waals surface area (Å²) < 4.78 is 6.63. The minimum atomic E-state index is 0.272. The largest absolute Gasteiger partial charge is 0.435 e. The van der Waals surface area contributed by atoms with Gasteiger partial charge in [0.15, 0.2) is 5.75 Å². The molecule has 0 bridgehead atoms. The van der Waals surface area contributed by atoms with E-state index in [1.807, 2.05) is 36.4 Å². The molecule has 1 aliphatic rings. The van der Waals surface area contributed by atoms with Crippen LogP contribution in [0.25, 0.3) is 0 Å². The van der Waals surface area contributed by atoms with Gasteiger partial charge in [-0.25, -0.2) is 0 Å². The number of anilines is 1. The number of rotatable bonds is 1. The van der Waals surface area contributed by atoms with Crippen LogP contribution < -0.4 is 10.2 Å². The first-order valence-electron chi connectivity index (χ1n) is 5.97. The number of hydrazone groups is 1. The first-order chi connectivity index (χ1) is 10.2. The van der Waals surface area contributed by atoms with Crippen molar-refractivity contribution in [2.24, 2.45) is 5.10 Å². The number of nitriles is 2. The molecule has 0 aliphatic carbocycles. The third-order valence-corrected chi connectivity index (χ3v) is 3.41. The van der Waals surface area contributed by atoms with Crippen LogP contribution in [0.15, 0.2) is 46.0 Å². The Kier molecular flexibility index (Phi) is 3.31. The van der Waals surface area contributed by atoms with Crippen LogP contribution >= 0.6 is 15.9 Å². The Labute approximate surface area is 129 Å². The van der Waals surface area contributed by atoms with E-state index in [-0.39, 0.29) is 11.1 Å². The minimum absolute atomic E-state index is 0.272. The monoisotopic (exact) mass is 338 g/mol. The molecule has 0 saturated heterocycles. The van der Waals surface area contributed by atoms with Crippen LogP contribution in [0.4, 0.5) is 5.69 Å². The van der Waals surface area contributed by atoms with E-state index < -0.39 is 0 Å². The molecule has 0 aromatic heterocycles. The molecular weight excluding hydrogens is 332 g/mol. The number of ether oxygens (including phenoxy) is 1. The Bertz CT molecular complexity index is 846.